The Morgan fingerprint density at radius 3 is 3.05 bits per heavy atom. The Morgan fingerprint density at radius 1 is 1.24 bits per heavy atom. The molecule has 0 unspecified atom stereocenters. The van der Waals surface area contributed by atoms with Crippen molar-refractivity contribution < 1.29 is 4.39 Å². The molecule has 0 bridgehead atoms. The van der Waals surface area contributed by atoms with Crippen LogP contribution in [0, 0.1) is 5.82 Å². The normalized spacial score (nSPS) is 11.3. The molecule has 21 heavy (non-hydrogen) atoms. The summed E-state index contributed by atoms with van der Waals surface area (Å²) in [6, 6.07) is 4.91. The van der Waals surface area contributed by atoms with E-state index >= 15 is 0 Å². The van der Waals surface area contributed by atoms with Crippen molar-refractivity contribution in [1.82, 2.24) is 25.1 Å². The maximum absolute atomic E-state index is 14.1. The van der Waals surface area contributed by atoms with Gasteiger partial charge in [-0.1, -0.05) is 0 Å². The lowest BCUT2D eigenvalue weighted by Gasteiger charge is -2.08. The fourth-order valence-corrected chi connectivity index (χ4v) is 2.55. The molecule has 0 amide bonds. The standard InChI is InChI=1S/C13H8BrFN6/c14-13-19-11-7(1-2-16-11)12(20-13)18-10-3-6-5-17-21-9(6)4-8(10)15/h1-5H,(H,17,21)(H2,16,18,19,20). The molecular weight excluding hydrogens is 339 g/mol. The Kier molecular flexibility index (Phi) is 2.64. The molecule has 3 N–H and O–H groups in total. The lowest BCUT2D eigenvalue weighted by atomic mass is 10.2. The smallest absolute Gasteiger partial charge is 0.200 e. The highest BCUT2D eigenvalue weighted by Crippen LogP contribution is 2.28. The van der Waals surface area contributed by atoms with Crippen LogP contribution < -0.4 is 5.32 Å². The van der Waals surface area contributed by atoms with E-state index in [4.69, 9.17) is 0 Å². The minimum Gasteiger partial charge on any atom is -0.346 e. The minimum atomic E-state index is -0.384. The van der Waals surface area contributed by atoms with E-state index in [2.05, 4.69) is 46.4 Å². The van der Waals surface area contributed by atoms with Crippen molar-refractivity contribution in [2.75, 3.05) is 5.32 Å². The summed E-state index contributed by atoms with van der Waals surface area (Å²) in [7, 11) is 0. The molecule has 0 saturated carbocycles. The van der Waals surface area contributed by atoms with Gasteiger partial charge in [0.1, 0.15) is 17.3 Å². The van der Waals surface area contributed by atoms with Gasteiger partial charge in [-0.3, -0.25) is 5.10 Å². The molecule has 0 radical (unpaired) electrons. The van der Waals surface area contributed by atoms with Crippen LogP contribution in [0.4, 0.5) is 15.9 Å². The number of benzene rings is 1. The summed E-state index contributed by atoms with van der Waals surface area (Å²) in [5.74, 6) is 0.139. The maximum atomic E-state index is 14.1. The lowest BCUT2D eigenvalue weighted by molar-refractivity contribution is 0.633. The number of nitrogens with one attached hydrogen (secondary N) is 3. The molecule has 4 rings (SSSR count). The number of rotatable bonds is 2. The van der Waals surface area contributed by atoms with Crippen LogP contribution in [0.3, 0.4) is 0 Å². The first-order chi connectivity index (χ1) is 10.2. The van der Waals surface area contributed by atoms with E-state index in [-0.39, 0.29) is 5.82 Å². The number of nitrogens with zero attached hydrogens (tertiary/aromatic N) is 3. The first-order valence-corrected chi connectivity index (χ1v) is 6.90. The second kappa shape index (κ2) is 4.52. The summed E-state index contributed by atoms with van der Waals surface area (Å²) < 4.78 is 14.6. The van der Waals surface area contributed by atoms with Gasteiger partial charge in [0.2, 0.25) is 4.73 Å². The highest BCUT2D eigenvalue weighted by Gasteiger charge is 2.11. The molecular formula is C13H8BrFN6. The van der Waals surface area contributed by atoms with Crippen LogP contribution in [0.2, 0.25) is 0 Å². The van der Waals surface area contributed by atoms with E-state index in [1.54, 1.807) is 18.5 Å². The van der Waals surface area contributed by atoms with Crippen LogP contribution >= 0.6 is 15.9 Å². The quantitative estimate of drug-likeness (QED) is 0.485. The van der Waals surface area contributed by atoms with Crippen molar-refractivity contribution in [3.8, 4) is 0 Å². The van der Waals surface area contributed by atoms with Crippen molar-refractivity contribution in [1.29, 1.82) is 0 Å². The second-order valence-electron chi connectivity index (χ2n) is 4.50. The maximum Gasteiger partial charge on any atom is 0.200 e. The number of H-pyrrole nitrogens is 2. The Balaban J connectivity index is 1.85. The largest absolute Gasteiger partial charge is 0.346 e. The molecule has 0 aliphatic rings. The SMILES string of the molecule is Fc1cc2[nH]ncc2cc1Nc1nc(Br)nc2[nH]ccc12. The van der Waals surface area contributed by atoms with Gasteiger partial charge in [0, 0.05) is 17.6 Å². The first-order valence-electron chi connectivity index (χ1n) is 6.11. The van der Waals surface area contributed by atoms with Crippen LogP contribution in [0.1, 0.15) is 0 Å². The molecule has 0 fully saturated rings. The van der Waals surface area contributed by atoms with Gasteiger partial charge in [-0.15, -0.1) is 0 Å². The molecule has 0 aliphatic carbocycles. The highest BCUT2D eigenvalue weighted by molar-refractivity contribution is 9.10. The number of aromatic nitrogens is 5. The Labute approximate surface area is 125 Å². The molecule has 4 aromatic rings. The van der Waals surface area contributed by atoms with Crippen molar-refractivity contribution in [3.63, 3.8) is 0 Å². The van der Waals surface area contributed by atoms with E-state index in [1.165, 1.54) is 6.07 Å². The lowest BCUT2D eigenvalue weighted by Crippen LogP contribution is -1.98. The Bertz CT molecular complexity index is 960. The zero-order valence-corrected chi connectivity index (χ0v) is 12.1. The second-order valence-corrected chi connectivity index (χ2v) is 5.20. The minimum absolute atomic E-state index is 0.331. The van der Waals surface area contributed by atoms with Crippen molar-refractivity contribution in [2.24, 2.45) is 0 Å². The van der Waals surface area contributed by atoms with E-state index in [9.17, 15) is 4.39 Å². The van der Waals surface area contributed by atoms with Gasteiger partial charge in [-0.25, -0.2) is 14.4 Å². The summed E-state index contributed by atoms with van der Waals surface area (Å²) in [5, 5.41) is 11.2. The van der Waals surface area contributed by atoms with Gasteiger partial charge in [0.05, 0.1) is 22.8 Å². The number of fused-ring (bicyclic) bond motifs is 2. The monoisotopic (exact) mass is 346 g/mol. The fraction of sp³-hybridized carbons (Fsp3) is 0. The molecule has 3 heterocycles. The van der Waals surface area contributed by atoms with Crippen LogP contribution in [0.5, 0.6) is 0 Å². The van der Waals surface area contributed by atoms with Crippen molar-refractivity contribution in [2.45, 2.75) is 0 Å². The van der Waals surface area contributed by atoms with Gasteiger partial charge in [0.15, 0.2) is 0 Å². The van der Waals surface area contributed by atoms with E-state index in [0.717, 1.165) is 10.8 Å². The predicted molar refractivity (Wildman–Crippen MR) is 80.9 cm³/mol. The third-order valence-electron chi connectivity index (χ3n) is 3.17. The summed E-state index contributed by atoms with van der Waals surface area (Å²) in [5.41, 5.74) is 1.65. The van der Waals surface area contributed by atoms with Crippen molar-refractivity contribution in [3.05, 3.63) is 41.1 Å². The molecule has 0 saturated heterocycles. The third kappa shape index (κ3) is 2.04. The summed E-state index contributed by atoms with van der Waals surface area (Å²) in [6.07, 6.45) is 3.40. The van der Waals surface area contributed by atoms with Gasteiger partial charge < -0.3 is 10.3 Å². The van der Waals surface area contributed by atoms with Crippen LogP contribution in [0.25, 0.3) is 21.9 Å². The topological polar surface area (TPSA) is 82.3 Å². The third-order valence-corrected chi connectivity index (χ3v) is 3.52. The Hall–Kier alpha value is -2.48. The number of hydrogen-bond acceptors (Lipinski definition) is 4. The number of hydrogen-bond donors (Lipinski definition) is 3. The molecule has 6 nitrogen and oxygen atoms in total. The number of anilines is 2. The zero-order chi connectivity index (χ0) is 14.4. The molecule has 0 atom stereocenters. The summed E-state index contributed by atoms with van der Waals surface area (Å²) >= 11 is 3.24. The molecule has 3 aromatic heterocycles. The van der Waals surface area contributed by atoms with Crippen LogP contribution in [0.15, 0.2) is 35.3 Å². The Morgan fingerprint density at radius 2 is 2.14 bits per heavy atom. The zero-order valence-electron chi connectivity index (χ0n) is 10.5. The average molecular weight is 347 g/mol. The van der Waals surface area contributed by atoms with Gasteiger partial charge in [0.25, 0.3) is 0 Å². The fourth-order valence-electron chi connectivity index (χ4n) is 2.20. The van der Waals surface area contributed by atoms with E-state index in [0.29, 0.717) is 27.4 Å². The number of halogens is 2. The van der Waals surface area contributed by atoms with Gasteiger partial charge >= 0.3 is 0 Å². The summed E-state index contributed by atoms with van der Waals surface area (Å²) in [4.78, 5) is 11.5. The van der Waals surface area contributed by atoms with Crippen LogP contribution in [-0.4, -0.2) is 25.1 Å². The summed E-state index contributed by atoms with van der Waals surface area (Å²) in [6.45, 7) is 0. The molecule has 8 heteroatoms. The average Bonchev–Trinajstić information content (AvgIpc) is 3.07. The first kappa shape index (κ1) is 12.3. The van der Waals surface area contributed by atoms with E-state index in [1.807, 2.05) is 6.07 Å². The van der Waals surface area contributed by atoms with E-state index < -0.39 is 0 Å². The predicted octanol–water partition coefficient (Wildman–Crippen LogP) is 3.48. The molecule has 1 aromatic carbocycles. The molecule has 0 aliphatic heterocycles. The van der Waals surface area contributed by atoms with Gasteiger partial charge in [-0.05, 0) is 28.1 Å². The number of aromatic amines is 2. The molecule has 0 spiro atoms. The highest BCUT2D eigenvalue weighted by atomic mass is 79.9. The molecule has 104 valence electrons. The van der Waals surface area contributed by atoms with Crippen LogP contribution in [-0.2, 0) is 0 Å². The van der Waals surface area contributed by atoms with Crippen molar-refractivity contribution >= 4 is 49.4 Å². The van der Waals surface area contributed by atoms with Gasteiger partial charge in [-0.2, -0.15) is 5.10 Å².